The Morgan fingerprint density at radius 1 is 0.963 bits per heavy atom. The Morgan fingerprint density at radius 2 is 1.63 bits per heavy atom. The zero-order valence-corrected chi connectivity index (χ0v) is 15.5. The van der Waals surface area contributed by atoms with Gasteiger partial charge < -0.3 is 25.4 Å². The third-order valence-electron chi connectivity index (χ3n) is 4.69. The molecule has 0 unspecified atom stereocenters. The number of nitrogens with one attached hydrogen (secondary N) is 1. The summed E-state index contributed by atoms with van der Waals surface area (Å²) in [6, 6.07) is 16.5. The molecule has 3 aromatic carbocycles. The van der Waals surface area contributed by atoms with Gasteiger partial charge >= 0.3 is 0 Å². The number of hydrogen-bond donors (Lipinski definition) is 4. The summed E-state index contributed by atoms with van der Waals surface area (Å²) >= 11 is 0. The summed E-state index contributed by atoms with van der Waals surface area (Å²) in [5.41, 5.74) is 1.68. The molecule has 0 radical (unpaired) electrons. The van der Waals surface area contributed by atoms with Crippen LogP contribution in [0.15, 0.2) is 54.6 Å². The highest BCUT2D eigenvalue weighted by molar-refractivity contribution is 5.91. The molecule has 0 saturated heterocycles. The normalized spacial score (nSPS) is 13.4. The fourth-order valence-corrected chi connectivity index (χ4v) is 3.33. The van der Waals surface area contributed by atoms with Crippen molar-refractivity contribution in [1.29, 1.82) is 0 Å². The van der Waals surface area contributed by atoms with Crippen LogP contribution in [0.4, 0.5) is 0 Å². The van der Waals surface area contributed by atoms with E-state index in [0.717, 1.165) is 22.9 Å². The van der Waals surface area contributed by atoms with E-state index in [1.807, 2.05) is 24.3 Å². The fraction of sp³-hybridized carbons (Fsp3) is 0.273. The van der Waals surface area contributed by atoms with Crippen molar-refractivity contribution in [2.45, 2.75) is 25.5 Å². The topological polar surface area (TPSA) is 82.0 Å². The number of hydrogen-bond acceptors (Lipinski definition) is 5. The molecule has 2 atom stereocenters. The molecule has 0 spiro atoms. The first-order chi connectivity index (χ1) is 13.0. The van der Waals surface area contributed by atoms with Gasteiger partial charge in [-0.05, 0) is 48.1 Å². The van der Waals surface area contributed by atoms with Crippen LogP contribution in [0, 0.1) is 0 Å². The zero-order valence-electron chi connectivity index (χ0n) is 15.5. The monoisotopic (exact) mass is 367 g/mol. The molecule has 3 rings (SSSR count). The average Bonchev–Trinajstić information content (AvgIpc) is 2.65. The van der Waals surface area contributed by atoms with E-state index in [2.05, 4.69) is 24.4 Å². The van der Waals surface area contributed by atoms with E-state index in [1.54, 1.807) is 7.11 Å². The van der Waals surface area contributed by atoms with Crippen molar-refractivity contribution >= 4 is 10.8 Å². The number of aliphatic hydroxyl groups excluding tert-OH is 1. The van der Waals surface area contributed by atoms with Crippen molar-refractivity contribution in [3.63, 3.8) is 0 Å². The number of fused-ring (bicyclic) bond motifs is 1. The van der Waals surface area contributed by atoms with Crippen LogP contribution in [0.2, 0.25) is 0 Å². The Kier molecular flexibility index (Phi) is 5.84. The number of ether oxygens (including phenoxy) is 1. The lowest BCUT2D eigenvalue weighted by molar-refractivity contribution is 0.170. The predicted molar refractivity (Wildman–Crippen MR) is 106 cm³/mol. The lowest BCUT2D eigenvalue weighted by Crippen LogP contribution is -2.32. The number of rotatable bonds is 7. The van der Waals surface area contributed by atoms with E-state index in [9.17, 15) is 15.3 Å². The Balaban J connectivity index is 1.67. The highest BCUT2D eigenvalue weighted by Crippen LogP contribution is 2.29. The van der Waals surface area contributed by atoms with Gasteiger partial charge in [-0.15, -0.1) is 0 Å². The van der Waals surface area contributed by atoms with E-state index in [0.29, 0.717) is 12.1 Å². The van der Waals surface area contributed by atoms with Crippen LogP contribution in [0.1, 0.15) is 24.2 Å². The number of aromatic hydroxyl groups is 2. The summed E-state index contributed by atoms with van der Waals surface area (Å²) in [5, 5.41) is 35.0. The van der Waals surface area contributed by atoms with Gasteiger partial charge in [0.15, 0.2) is 0 Å². The van der Waals surface area contributed by atoms with E-state index in [4.69, 9.17) is 4.74 Å². The molecule has 4 N–H and O–H groups in total. The van der Waals surface area contributed by atoms with E-state index in [-0.39, 0.29) is 17.5 Å². The van der Waals surface area contributed by atoms with E-state index < -0.39 is 6.10 Å². The van der Waals surface area contributed by atoms with Crippen LogP contribution in [-0.2, 0) is 6.42 Å². The van der Waals surface area contributed by atoms with Crippen molar-refractivity contribution in [2.75, 3.05) is 13.7 Å². The molecule has 0 saturated carbocycles. The molecular weight excluding hydrogens is 342 g/mol. The molecule has 3 aromatic rings. The van der Waals surface area contributed by atoms with Gasteiger partial charge in [-0.2, -0.15) is 0 Å². The number of phenols is 2. The van der Waals surface area contributed by atoms with Gasteiger partial charge in [0, 0.05) is 24.0 Å². The number of phenolic OH excluding ortho intramolecular Hbond substituents is 2. The minimum absolute atomic E-state index is 0.0678. The molecule has 0 fully saturated rings. The lowest BCUT2D eigenvalue weighted by atomic mass is 9.98. The molecule has 142 valence electrons. The van der Waals surface area contributed by atoms with Gasteiger partial charge in [0.25, 0.3) is 0 Å². The zero-order chi connectivity index (χ0) is 19.4. The van der Waals surface area contributed by atoms with Gasteiger partial charge in [-0.3, -0.25) is 0 Å². The van der Waals surface area contributed by atoms with Gasteiger partial charge in [0.05, 0.1) is 13.2 Å². The molecule has 0 aromatic heterocycles. The minimum atomic E-state index is -0.821. The second-order valence-corrected chi connectivity index (χ2v) is 6.78. The Labute approximate surface area is 158 Å². The third kappa shape index (κ3) is 4.51. The van der Waals surface area contributed by atoms with Crippen molar-refractivity contribution in [3.05, 3.63) is 65.7 Å². The second kappa shape index (κ2) is 8.29. The summed E-state index contributed by atoms with van der Waals surface area (Å²) in [6.45, 7) is 2.38. The second-order valence-electron chi connectivity index (χ2n) is 6.78. The van der Waals surface area contributed by atoms with Crippen molar-refractivity contribution < 1.29 is 20.1 Å². The molecule has 5 heteroatoms. The molecule has 0 amide bonds. The minimum Gasteiger partial charge on any atom is -0.508 e. The quantitative estimate of drug-likeness (QED) is 0.514. The van der Waals surface area contributed by atoms with Crippen LogP contribution >= 0.6 is 0 Å². The Morgan fingerprint density at radius 3 is 2.30 bits per heavy atom. The van der Waals surface area contributed by atoms with Crippen molar-refractivity contribution in [1.82, 2.24) is 5.32 Å². The standard InChI is InChI=1S/C22H25NO4/c1-14(23-13-21(26)16-10-17(24)12-18(25)11-16)9-15-7-8-22(27-2)20-6-4-3-5-19(15)20/h3-8,10-12,14,21,23-26H,9,13H2,1-2H3/t14-,21+/m1/s1. The Hall–Kier alpha value is -2.76. The highest BCUT2D eigenvalue weighted by Gasteiger charge is 2.13. The summed E-state index contributed by atoms with van der Waals surface area (Å²) in [6.07, 6.45) is -0.0271. The van der Waals surface area contributed by atoms with Crippen LogP contribution in [0.25, 0.3) is 10.8 Å². The van der Waals surface area contributed by atoms with E-state index >= 15 is 0 Å². The van der Waals surface area contributed by atoms with Gasteiger partial charge in [-0.1, -0.05) is 30.3 Å². The van der Waals surface area contributed by atoms with Gasteiger partial charge in [0.2, 0.25) is 0 Å². The summed E-state index contributed by atoms with van der Waals surface area (Å²) in [7, 11) is 1.67. The molecule has 0 heterocycles. The summed E-state index contributed by atoms with van der Waals surface area (Å²) in [5.74, 6) is 0.720. The molecule has 0 aliphatic heterocycles. The molecule has 27 heavy (non-hydrogen) atoms. The van der Waals surface area contributed by atoms with Gasteiger partial charge in [0.1, 0.15) is 17.2 Å². The summed E-state index contributed by atoms with van der Waals surface area (Å²) < 4.78 is 5.45. The highest BCUT2D eigenvalue weighted by atomic mass is 16.5. The average molecular weight is 367 g/mol. The van der Waals surface area contributed by atoms with Crippen molar-refractivity contribution in [3.8, 4) is 17.2 Å². The predicted octanol–water partition coefficient (Wildman–Crippen LogP) is 3.51. The third-order valence-corrected chi connectivity index (χ3v) is 4.69. The van der Waals surface area contributed by atoms with Crippen LogP contribution in [0.3, 0.4) is 0 Å². The first-order valence-electron chi connectivity index (χ1n) is 8.97. The SMILES string of the molecule is COc1ccc(C[C@@H](C)NC[C@H](O)c2cc(O)cc(O)c2)c2ccccc12. The van der Waals surface area contributed by atoms with E-state index in [1.165, 1.54) is 23.8 Å². The maximum absolute atomic E-state index is 10.3. The van der Waals surface area contributed by atoms with Gasteiger partial charge in [-0.25, -0.2) is 0 Å². The molecular formula is C22H25NO4. The molecule has 0 bridgehead atoms. The maximum atomic E-state index is 10.3. The lowest BCUT2D eigenvalue weighted by Gasteiger charge is -2.19. The fourth-order valence-electron chi connectivity index (χ4n) is 3.33. The number of benzene rings is 3. The van der Waals surface area contributed by atoms with Crippen LogP contribution in [-0.4, -0.2) is 35.0 Å². The number of aliphatic hydroxyl groups is 1. The smallest absolute Gasteiger partial charge is 0.126 e. The maximum Gasteiger partial charge on any atom is 0.126 e. The first-order valence-corrected chi connectivity index (χ1v) is 8.97. The van der Waals surface area contributed by atoms with Crippen LogP contribution < -0.4 is 10.1 Å². The Bertz CT molecular complexity index is 905. The molecule has 5 nitrogen and oxygen atoms in total. The van der Waals surface area contributed by atoms with Crippen molar-refractivity contribution in [2.24, 2.45) is 0 Å². The molecule has 0 aliphatic rings. The van der Waals surface area contributed by atoms with Crippen LogP contribution in [0.5, 0.6) is 17.2 Å². The first kappa shape index (κ1) is 19.0. The summed E-state index contributed by atoms with van der Waals surface area (Å²) in [4.78, 5) is 0. The number of methoxy groups -OCH3 is 1. The largest absolute Gasteiger partial charge is 0.508 e. The molecule has 0 aliphatic carbocycles.